The summed E-state index contributed by atoms with van der Waals surface area (Å²) in [6, 6.07) is 0. The Labute approximate surface area is 110 Å². The fourth-order valence-corrected chi connectivity index (χ4v) is 2.12. The minimum absolute atomic E-state index is 0.291. The monoisotopic (exact) mass is 265 g/mol. The number of hydrogen-bond acceptors (Lipinski definition) is 4. The van der Waals surface area contributed by atoms with E-state index in [1.165, 1.54) is 11.6 Å². The molecular weight excluding hydrogens is 246 g/mol. The lowest BCUT2D eigenvalue weighted by atomic mass is 10.4. The van der Waals surface area contributed by atoms with Crippen LogP contribution in [0.4, 0.5) is 0 Å². The first-order valence-electron chi connectivity index (χ1n) is 6.19. The second kappa shape index (κ2) is 5.00. The van der Waals surface area contributed by atoms with Gasteiger partial charge in [0.05, 0.1) is 6.33 Å². The highest BCUT2D eigenvalue weighted by Gasteiger charge is 2.13. The van der Waals surface area contributed by atoms with Gasteiger partial charge < -0.3 is 9.47 Å². The lowest BCUT2D eigenvalue weighted by Gasteiger charge is -2.10. The summed E-state index contributed by atoms with van der Waals surface area (Å²) in [6.07, 6.45) is 2.55. The van der Waals surface area contributed by atoms with Crippen molar-refractivity contribution in [2.75, 3.05) is 20.6 Å². The molecule has 104 valence electrons. The predicted molar refractivity (Wildman–Crippen MR) is 73.4 cm³/mol. The highest BCUT2D eigenvalue weighted by atomic mass is 16.2. The van der Waals surface area contributed by atoms with Crippen molar-refractivity contribution >= 4 is 11.2 Å². The maximum Gasteiger partial charge on any atom is 0.332 e. The zero-order valence-corrected chi connectivity index (χ0v) is 11.8. The maximum absolute atomic E-state index is 12.2. The molecule has 0 aromatic carbocycles. The third-order valence-electron chi connectivity index (χ3n) is 3.22. The van der Waals surface area contributed by atoms with Crippen LogP contribution in [0.2, 0.25) is 0 Å². The third-order valence-corrected chi connectivity index (χ3v) is 3.22. The molecule has 0 unspecified atom stereocenters. The highest BCUT2D eigenvalue weighted by molar-refractivity contribution is 5.69. The van der Waals surface area contributed by atoms with Crippen LogP contribution in [-0.4, -0.2) is 44.2 Å². The zero-order chi connectivity index (χ0) is 14.2. The summed E-state index contributed by atoms with van der Waals surface area (Å²) in [5, 5.41) is 0. The van der Waals surface area contributed by atoms with Crippen molar-refractivity contribution in [2.45, 2.75) is 13.0 Å². The smallest absolute Gasteiger partial charge is 0.325 e. The van der Waals surface area contributed by atoms with Gasteiger partial charge in [0.1, 0.15) is 0 Å². The summed E-state index contributed by atoms with van der Waals surface area (Å²) >= 11 is 0. The molecule has 2 rings (SSSR count). The molecule has 2 aromatic rings. The summed E-state index contributed by atoms with van der Waals surface area (Å²) in [4.78, 5) is 30.2. The SMILES string of the molecule is CN(C)CCCn1cnc2c1c(=O)n(C)c(=O)n2C. The van der Waals surface area contributed by atoms with E-state index in [2.05, 4.69) is 9.88 Å². The number of nitrogens with zero attached hydrogens (tertiary/aromatic N) is 5. The van der Waals surface area contributed by atoms with E-state index in [-0.39, 0.29) is 11.2 Å². The molecule has 0 saturated heterocycles. The van der Waals surface area contributed by atoms with E-state index in [0.29, 0.717) is 17.7 Å². The average Bonchev–Trinajstić information content (AvgIpc) is 2.77. The average molecular weight is 265 g/mol. The Hall–Kier alpha value is -1.89. The van der Waals surface area contributed by atoms with Crippen LogP contribution < -0.4 is 11.2 Å². The molecule has 0 spiro atoms. The Morgan fingerprint density at radius 1 is 1.21 bits per heavy atom. The van der Waals surface area contributed by atoms with Gasteiger partial charge in [-0.15, -0.1) is 0 Å². The van der Waals surface area contributed by atoms with Gasteiger partial charge in [0.25, 0.3) is 5.56 Å². The second-order valence-corrected chi connectivity index (χ2v) is 4.97. The van der Waals surface area contributed by atoms with E-state index in [4.69, 9.17) is 0 Å². The van der Waals surface area contributed by atoms with Crippen LogP contribution in [0.5, 0.6) is 0 Å². The van der Waals surface area contributed by atoms with Gasteiger partial charge in [-0.25, -0.2) is 9.78 Å². The van der Waals surface area contributed by atoms with Crippen LogP contribution >= 0.6 is 0 Å². The highest BCUT2D eigenvalue weighted by Crippen LogP contribution is 2.06. The molecule has 0 radical (unpaired) electrons. The molecule has 0 atom stereocenters. The van der Waals surface area contributed by atoms with E-state index < -0.39 is 0 Å². The second-order valence-electron chi connectivity index (χ2n) is 4.97. The number of aromatic nitrogens is 4. The topological polar surface area (TPSA) is 65.1 Å². The Kier molecular flexibility index (Phi) is 3.57. The van der Waals surface area contributed by atoms with Gasteiger partial charge in [0.2, 0.25) is 0 Å². The summed E-state index contributed by atoms with van der Waals surface area (Å²) in [5.74, 6) is 0. The number of rotatable bonds is 4. The molecule has 0 aliphatic carbocycles. The van der Waals surface area contributed by atoms with Gasteiger partial charge in [-0.1, -0.05) is 0 Å². The molecule has 0 bridgehead atoms. The lowest BCUT2D eigenvalue weighted by Crippen LogP contribution is -2.37. The number of hydrogen-bond donors (Lipinski definition) is 0. The van der Waals surface area contributed by atoms with Crippen molar-refractivity contribution in [3.8, 4) is 0 Å². The molecule has 2 aromatic heterocycles. The molecule has 2 heterocycles. The predicted octanol–water partition coefficient (Wildman–Crippen LogP) is -0.615. The van der Waals surface area contributed by atoms with Crippen molar-refractivity contribution in [1.29, 1.82) is 0 Å². The van der Waals surface area contributed by atoms with Crippen molar-refractivity contribution in [1.82, 2.24) is 23.6 Å². The van der Waals surface area contributed by atoms with E-state index in [9.17, 15) is 9.59 Å². The molecule has 7 heteroatoms. The van der Waals surface area contributed by atoms with Crippen LogP contribution in [-0.2, 0) is 20.6 Å². The minimum atomic E-state index is -0.351. The van der Waals surface area contributed by atoms with Crippen LogP contribution in [0.15, 0.2) is 15.9 Å². The minimum Gasteiger partial charge on any atom is -0.325 e. The summed E-state index contributed by atoms with van der Waals surface area (Å²) < 4.78 is 4.34. The Balaban J connectivity index is 2.48. The van der Waals surface area contributed by atoms with Gasteiger partial charge in [0.15, 0.2) is 11.2 Å². The molecule has 0 N–H and O–H groups in total. The number of imidazole rings is 1. The fourth-order valence-electron chi connectivity index (χ4n) is 2.12. The van der Waals surface area contributed by atoms with E-state index in [1.807, 2.05) is 18.7 Å². The Morgan fingerprint density at radius 3 is 2.53 bits per heavy atom. The quantitative estimate of drug-likeness (QED) is 0.739. The normalized spacial score (nSPS) is 11.6. The first kappa shape index (κ1) is 13.5. The zero-order valence-electron chi connectivity index (χ0n) is 11.8. The standard InChI is InChI=1S/C12H19N5O2/c1-14(2)6-5-7-17-8-13-10-9(17)11(18)16(4)12(19)15(10)3/h8H,5-7H2,1-4H3. The first-order chi connectivity index (χ1) is 8.93. The van der Waals surface area contributed by atoms with Crippen LogP contribution in [0.3, 0.4) is 0 Å². The molecule has 0 amide bonds. The maximum atomic E-state index is 12.2. The van der Waals surface area contributed by atoms with Crippen molar-refractivity contribution < 1.29 is 0 Å². The van der Waals surface area contributed by atoms with Crippen molar-refractivity contribution in [2.24, 2.45) is 14.1 Å². The first-order valence-corrected chi connectivity index (χ1v) is 6.19. The van der Waals surface area contributed by atoms with Crippen molar-refractivity contribution in [3.63, 3.8) is 0 Å². The van der Waals surface area contributed by atoms with Gasteiger partial charge in [-0.3, -0.25) is 13.9 Å². The molecule has 0 aliphatic rings. The van der Waals surface area contributed by atoms with E-state index >= 15 is 0 Å². The molecule has 0 saturated carbocycles. The largest absolute Gasteiger partial charge is 0.332 e. The van der Waals surface area contributed by atoms with E-state index in [0.717, 1.165) is 17.5 Å². The lowest BCUT2D eigenvalue weighted by molar-refractivity contribution is 0.387. The van der Waals surface area contributed by atoms with Crippen molar-refractivity contribution in [3.05, 3.63) is 27.2 Å². The van der Waals surface area contributed by atoms with Gasteiger partial charge in [-0.05, 0) is 27.1 Å². The molecular formula is C12H19N5O2. The van der Waals surface area contributed by atoms with Gasteiger partial charge in [-0.2, -0.15) is 0 Å². The fraction of sp³-hybridized carbons (Fsp3) is 0.583. The number of fused-ring (bicyclic) bond motifs is 1. The molecule has 19 heavy (non-hydrogen) atoms. The molecule has 7 nitrogen and oxygen atoms in total. The number of aryl methyl sites for hydroxylation is 2. The van der Waals surface area contributed by atoms with E-state index in [1.54, 1.807) is 13.4 Å². The van der Waals surface area contributed by atoms with Crippen LogP contribution in [0.1, 0.15) is 6.42 Å². The summed E-state index contributed by atoms with van der Waals surface area (Å²) in [5.41, 5.74) is 0.290. The molecule has 0 aliphatic heterocycles. The van der Waals surface area contributed by atoms with Crippen LogP contribution in [0.25, 0.3) is 11.2 Å². The van der Waals surface area contributed by atoms with Crippen LogP contribution in [0, 0.1) is 0 Å². The Bertz CT molecular complexity index is 707. The Morgan fingerprint density at radius 2 is 1.89 bits per heavy atom. The van der Waals surface area contributed by atoms with Gasteiger partial charge >= 0.3 is 5.69 Å². The summed E-state index contributed by atoms with van der Waals surface area (Å²) in [7, 11) is 7.13. The summed E-state index contributed by atoms with van der Waals surface area (Å²) in [6.45, 7) is 1.65. The third kappa shape index (κ3) is 2.33. The van der Waals surface area contributed by atoms with Gasteiger partial charge in [0, 0.05) is 20.6 Å². The molecule has 0 fully saturated rings.